The molecule has 2 aliphatic rings. The van der Waals surface area contributed by atoms with Crippen molar-refractivity contribution in [1.29, 1.82) is 5.26 Å². The number of nitrogens with zero attached hydrogens (tertiary/aromatic N) is 2. The van der Waals surface area contributed by atoms with Crippen molar-refractivity contribution in [3.63, 3.8) is 0 Å². The summed E-state index contributed by atoms with van der Waals surface area (Å²) in [6.07, 6.45) is -0.420. The summed E-state index contributed by atoms with van der Waals surface area (Å²) in [7, 11) is 0. The molecule has 2 fully saturated rings. The minimum atomic E-state index is -1.61. The molecule has 0 bridgehead atoms. The lowest BCUT2D eigenvalue weighted by Crippen LogP contribution is -2.63. The van der Waals surface area contributed by atoms with Crippen molar-refractivity contribution < 1.29 is 30.0 Å². The molecule has 4 rings (SSSR count). The van der Waals surface area contributed by atoms with Gasteiger partial charge in [-0.05, 0) is 66.3 Å². The second-order valence-corrected chi connectivity index (χ2v) is 9.07. The van der Waals surface area contributed by atoms with Crippen LogP contribution in [0.25, 0.3) is 16.8 Å². The lowest BCUT2D eigenvalue weighted by atomic mass is 9.95. The summed E-state index contributed by atoms with van der Waals surface area (Å²) in [4.78, 5) is 15.1. The number of hydrogen-bond acceptors (Lipinski definition) is 8. The van der Waals surface area contributed by atoms with Crippen molar-refractivity contribution in [2.24, 2.45) is 0 Å². The predicted molar refractivity (Wildman–Crippen MR) is 130 cm³/mol. The fourth-order valence-corrected chi connectivity index (χ4v) is 4.70. The Morgan fingerprint density at radius 3 is 2.51 bits per heavy atom. The van der Waals surface area contributed by atoms with Gasteiger partial charge in [0.05, 0.1) is 6.10 Å². The fourth-order valence-electron chi connectivity index (χ4n) is 4.70. The van der Waals surface area contributed by atoms with Crippen LogP contribution in [0.2, 0.25) is 0 Å². The molecule has 0 radical (unpaired) electrons. The summed E-state index contributed by atoms with van der Waals surface area (Å²) < 4.78 is 5.22. The van der Waals surface area contributed by atoms with Gasteiger partial charge in [-0.15, -0.1) is 0 Å². The van der Waals surface area contributed by atoms with Crippen LogP contribution in [-0.4, -0.2) is 76.7 Å². The van der Waals surface area contributed by atoms with Crippen LogP contribution < -0.4 is 10.2 Å². The van der Waals surface area contributed by atoms with Crippen molar-refractivity contribution in [3.05, 3.63) is 47.5 Å². The van der Waals surface area contributed by atoms with Crippen molar-refractivity contribution in [1.82, 2.24) is 5.32 Å². The molecule has 5 atom stereocenters. The average Bonchev–Trinajstić information content (AvgIpc) is 2.88. The zero-order valence-corrected chi connectivity index (χ0v) is 19.4. The number of ether oxygens (including phenoxy) is 1. The number of aliphatic hydroxyl groups excluding tert-OH is 4. The molecule has 1 unspecified atom stereocenters. The number of amides is 1. The third kappa shape index (κ3) is 5.64. The highest BCUT2D eigenvalue weighted by molar-refractivity contribution is 6.02. The van der Waals surface area contributed by atoms with Gasteiger partial charge < -0.3 is 35.4 Å². The highest BCUT2D eigenvalue weighted by atomic mass is 16.6. The molecule has 186 valence electrons. The molecule has 2 aliphatic heterocycles. The number of carbonyl (C=O) groups is 1. The van der Waals surface area contributed by atoms with Crippen LogP contribution in [0.5, 0.6) is 0 Å². The molecule has 1 amide bonds. The van der Waals surface area contributed by atoms with Gasteiger partial charge in [0.1, 0.15) is 29.9 Å². The molecule has 0 spiro atoms. The first-order valence-electron chi connectivity index (χ1n) is 11.9. The first-order valence-corrected chi connectivity index (χ1v) is 11.9. The van der Waals surface area contributed by atoms with Gasteiger partial charge in [-0.25, -0.2) is 0 Å². The molecular weight excluding hydrogens is 450 g/mol. The Morgan fingerprint density at radius 2 is 1.80 bits per heavy atom. The summed E-state index contributed by atoms with van der Waals surface area (Å²) in [5.41, 5.74) is 1.62. The summed E-state index contributed by atoms with van der Waals surface area (Å²) in [6, 6.07) is 12.4. The number of hydrogen-bond donors (Lipinski definition) is 5. The third-order valence-electron chi connectivity index (χ3n) is 6.68. The molecular formula is C26H31N3O6. The second-order valence-electron chi connectivity index (χ2n) is 9.07. The van der Waals surface area contributed by atoms with Crippen LogP contribution in [0.3, 0.4) is 0 Å². The third-order valence-corrected chi connectivity index (χ3v) is 6.68. The van der Waals surface area contributed by atoms with Crippen LogP contribution in [0.4, 0.5) is 5.69 Å². The number of rotatable bonds is 6. The summed E-state index contributed by atoms with van der Waals surface area (Å²) in [5.74, 6) is -0.812. The minimum absolute atomic E-state index is 0.0147. The van der Waals surface area contributed by atoms with Gasteiger partial charge in [0.2, 0.25) is 0 Å². The molecule has 2 heterocycles. The quantitative estimate of drug-likeness (QED) is 0.304. The largest absolute Gasteiger partial charge is 0.396 e. The van der Waals surface area contributed by atoms with E-state index in [4.69, 9.17) is 9.84 Å². The van der Waals surface area contributed by atoms with Gasteiger partial charge in [-0.2, -0.15) is 5.26 Å². The lowest BCUT2D eigenvalue weighted by molar-refractivity contribution is -0.249. The molecule has 2 saturated heterocycles. The first-order chi connectivity index (χ1) is 16.9. The number of nitrogens with one attached hydrogen (secondary N) is 1. The van der Waals surface area contributed by atoms with E-state index in [9.17, 15) is 25.4 Å². The number of fused-ring (bicyclic) bond motifs is 1. The number of anilines is 1. The Bertz CT molecular complexity index is 1120. The lowest BCUT2D eigenvalue weighted by Gasteiger charge is -2.40. The maximum atomic E-state index is 12.7. The molecule has 35 heavy (non-hydrogen) atoms. The van der Waals surface area contributed by atoms with E-state index in [1.165, 1.54) is 31.0 Å². The van der Waals surface area contributed by atoms with E-state index in [2.05, 4.69) is 22.3 Å². The van der Waals surface area contributed by atoms with E-state index in [0.29, 0.717) is 5.56 Å². The number of aliphatic hydroxyl groups is 4. The second kappa shape index (κ2) is 11.2. The molecule has 2 aromatic rings. The Labute approximate surface area is 203 Å². The van der Waals surface area contributed by atoms with Gasteiger partial charge in [0.15, 0.2) is 6.29 Å². The molecule has 2 aromatic carbocycles. The predicted octanol–water partition coefficient (Wildman–Crippen LogP) is 1.04. The van der Waals surface area contributed by atoms with Crippen LogP contribution >= 0.6 is 0 Å². The minimum Gasteiger partial charge on any atom is -0.396 e. The Morgan fingerprint density at radius 1 is 1.09 bits per heavy atom. The maximum absolute atomic E-state index is 12.7. The van der Waals surface area contributed by atoms with E-state index in [1.54, 1.807) is 0 Å². The zero-order valence-electron chi connectivity index (χ0n) is 19.4. The Hall–Kier alpha value is -3.00. The SMILES string of the molecule is N#C/C(=C/c1ccc2cc(N3CCCCC3)ccc2c1)C(=O)N[C@H]1C(O)O[C@H](CCO)[C@@H](O)[C@@H]1O. The van der Waals surface area contributed by atoms with Gasteiger partial charge in [-0.3, -0.25) is 4.79 Å². The molecule has 0 aromatic heterocycles. The van der Waals surface area contributed by atoms with E-state index < -0.39 is 36.6 Å². The van der Waals surface area contributed by atoms with Gasteiger partial charge in [0, 0.05) is 25.4 Å². The summed E-state index contributed by atoms with van der Waals surface area (Å²) >= 11 is 0. The number of nitriles is 1. The smallest absolute Gasteiger partial charge is 0.262 e. The molecule has 0 aliphatic carbocycles. The van der Waals surface area contributed by atoms with Gasteiger partial charge >= 0.3 is 0 Å². The van der Waals surface area contributed by atoms with E-state index in [0.717, 1.165) is 23.9 Å². The average molecular weight is 482 g/mol. The van der Waals surface area contributed by atoms with Crippen LogP contribution in [0.15, 0.2) is 42.0 Å². The molecule has 0 saturated carbocycles. The Kier molecular flexibility index (Phi) is 8.00. The van der Waals surface area contributed by atoms with E-state index in [1.807, 2.05) is 30.3 Å². The van der Waals surface area contributed by atoms with Crippen LogP contribution in [0, 0.1) is 11.3 Å². The number of carbonyl (C=O) groups excluding carboxylic acids is 1. The van der Waals surface area contributed by atoms with Crippen LogP contribution in [0.1, 0.15) is 31.2 Å². The van der Waals surface area contributed by atoms with Gasteiger partial charge in [0.25, 0.3) is 5.91 Å². The highest BCUT2D eigenvalue weighted by Crippen LogP contribution is 2.27. The molecule has 9 nitrogen and oxygen atoms in total. The van der Waals surface area contributed by atoms with Crippen molar-refractivity contribution in [2.75, 3.05) is 24.6 Å². The van der Waals surface area contributed by atoms with E-state index >= 15 is 0 Å². The van der Waals surface area contributed by atoms with Crippen LogP contribution in [-0.2, 0) is 9.53 Å². The van der Waals surface area contributed by atoms with E-state index in [-0.39, 0.29) is 18.6 Å². The maximum Gasteiger partial charge on any atom is 0.262 e. The van der Waals surface area contributed by atoms with Crippen molar-refractivity contribution >= 4 is 28.4 Å². The monoisotopic (exact) mass is 481 g/mol. The number of piperidine rings is 1. The zero-order chi connectivity index (χ0) is 24.9. The van der Waals surface area contributed by atoms with Gasteiger partial charge in [-0.1, -0.05) is 18.2 Å². The fraction of sp³-hybridized carbons (Fsp3) is 0.462. The van der Waals surface area contributed by atoms with Crippen molar-refractivity contribution in [3.8, 4) is 6.07 Å². The highest BCUT2D eigenvalue weighted by Gasteiger charge is 2.44. The Balaban J connectivity index is 1.48. The topological polar surface area (TPSA) is 146 Å². The molecule has 9 heteroatoms. The number of benzene rings is 2. The summed E-state index contributed by atoms with van der Waals surface area (Å²) in [5, 5.41) is 53.7. The standard InChI is InChI=1S/C26H31N3O6/c27-15-19(25(33)28-22-24(32)23(31)21(8-11-30)35-26(22)34)13-16-4-5-18-14-20(7-6-17(18)12-16)29-9-2-1-3-10-29/h4-7,12-14,21-24,26,30-32,34H,1-3,8-11H2,(H,28,33)/b19-13-/t21-,22-,23-,24-,26?/m1/s1. The molecule has 5 N–H and O–H groups in total. The summed E-state index contributed by atoms with van der Waals surface area (Å²) in [6.45, 7) is 1.81. The van der Waals surface area contributed by atoms with Crippen molar-refractivity contribution in [2.45, 2.75) is 56.3 Å². The normalized spacial score (nSPS) is 27.5. The first kappa shape index (κ1) is 25.1.